The summed E-state index contributed by atoms with van der Waals surface area (Å²) in [5.74, 6) is 0.822. The van der Waals surface area contributed by atoms with E-state index in [2.05, 4.69) is 6.07 Å². The van der Waals surface area contributed by atoms with Gasteiger partial charge in [-0.3, -0.25) is 4.79 Å². The molecule has 1 saturated heterocycles. The largest absolute Gasteiger partial charge is 0.494 e. The van der Waals surface area contributed by atoms with E-state index in [-0.39, 0.29) is 17.9 Å². The maximum absolute atomic E-state index is 13.3. The first kappa shape index (κ1) is 20.7. The first-order valence-corrected chi connectivity index (χ1v) is 11.1. The van der Waals surface area contributed by atoms with Crippen molar-refractivity contribution in [1.29, 1.82) is 0 Å². The molecule has 2 aromatic carbocycles. The van der Waals surface area contributed by atoms with Crippen LogP contribution in [-0.4, -0.2) is 34.7 Å². The number of para-hydroxylation sites is 1. The van der Waals surface area contributed by atoms with E-state index in [0.717, 1.165) is 42.6 Å². The molecule has 0 aromatic heterocycles. The molecular formula is C26H31NO3. The molecule has 158 valence electrons. The third kappa shape index (κ3) is 4.15. The third-order valence-corrected chi connectivity index (χ3v) is 6.61. The van der Waals surface area contributed by atoms with Gasteiger partial charge in [0, 0.05) is 24.1 Å². The summed E-state index contributed by atoms with van der Waals surface area (Å²) in [5, 5.41) is 11.5. The van der Waals surface area contributed by atoms with E-state index in [9.17, 15) is 9.90 Å². The lowest BCUT2D eigenvalue weighted by Crippen LogP contribution is -2.56. The van der Waals surface area contributed by atoms with Crippen molar-refractivity contribution in [2.75, 3.05) is 13.2 Å². The van der Waals surface area contributed by atoms with Crippen LogP contribution in [0.25, 0.3) is 6.08 Å². The first-order valence-electron chi connectivity index (χ1n) is 11.1. The number of rotatable bonds is 5. The number of carbonyl (C=O) groups is 1. The lowest BCUT2D eigenvalue weighted by Gasteiger charge is -2.52. The number of likely N-dealkylation sites (tertiary alicyclic amines) is 1. The molecule has 1 amide bonds. The summed E-state index contributed by atoms with van der Waals surface area (Å²) in [6, 6.07) is 17.7. The zero-order valence-electron chi connectivity index (χ0n) is 17.7. The molecule has 1 aliphatic heterocycles. The maximum atomic E-state index is 13.3. The second-order valence-corrected chi connectivity index (χ2v) is 8.40. The molecule has 30 heavy (non-hydrogen) atoms. The number of fused-ring (bicyclic) bond motifs is 1. The van der Waals surface area contributed by atoms with E-state index in [0.29, 0.717) is 19.6 Å². The van der Waals surface area contributed by atoms with Gasteiger partial charge in [-0.25, -0.2) is 0 Å². The molecule has 0 spiro atoms. The first-order chi connectivity index (χ1) is 14.6. The SMILES string of the molecule is CCOc1ccccc1C1C2CCCCC2(O)CCN1C(=O)/C=C/c1ccccc1. The monoisotopic (exact) mass is 405 g/mol. The molecule has 2 aromatic rings. The van der Waals surface area contributed by atoms with Crippen LogP contribution in [0.2, 0.25) is 0 Å². The number of hydrogen-bond donors (Lipinski definition) is 1. The van der Waals surface area contributed by atoms with Crippen LogP contribution in [0.15, 0.2) is 60.7 Å². The number of benzene rings is 2. The van der Waals surface area contributed by atoms with Gasteiger partial charge in [-0.2, -0.15) is 0 Å². The Balaban J connectivity index is 1.70. The number of aliphatic hydroxyl groups is 1. The number of piperidine rings is 1. The van der Waals surface area contributed by atoms with E-state index in [1.54, 1.807) is 6.08 Å². The number of amides is 1. The van der Waals surface area contributed by atoms with Crippen LogP contribution in [-0.2, 0) is 4.79 Å². The van der Waals surface area contributed by atoms with Crippen LogP contribution < -0.4 is 4.74 Å². The molecule has 4 heteroatoms. The van der Waals surface area contributed by atoms with Crippen molar-refractivity contribution < 1.29 is 14.6 Å². The molecule has 1 saturated carbocycles. The summed E-state index contributed by atoms with van der Waals surface area (Å²) in [6.07, 6.45) is 8.04. The molecule has 2 aliphatic rings. The highest BCUT2D eigenvalue weighted by molar-refractivity contribution is 5.92. The van der Waals surface area contributed by atoms with Gasteiger partial charge >= 0.3 is 0 Å². The molecule has 0 bridgehead atoms. The van der Waals surface area contributed by atoms with Crippen molar-refractivity contribution in [2.45, 2.75) is 50.7 Å². The second-order valence-electron chi connectivity index (χ2n) is 8.40. The van der Waals surface area contributed by atoms with E-state index in [1.165, 1.54) is 0 Å². The van der Waals surface area contributed by atoms with Crippen LogP contribution >= 0.6 is 0 Å². The summed E-state index contributed by atoms with van der Waals surface area (Å²) < 4.78 is 5.92. The summed E-state index contributed by atoms with van der Waals surface area (Å²) in [6.45, 7) is 3.09. The molecule has 2 fully saturated rings. The van der Waals surface area contributed by atoms with Crippen molar-refractivity contribution in [3.63, 3.8) is 0 Å². The number of ether oxygens (including phenoxy) is 1. The minimum Gasteiger partial charge on any atom is -0.494 e. The number of hydrogen-bond acceptors (Lipinski definition) is 3. The minimum atomic E-state index is -0.706. The van der Waals surface area contributed by atoms with E-state index >= 15 is 0 Å². The molecule has 1 N–H and O–H groups in total. The third-order valence-electron chi connectivity index (χ3n) is 6.61. The van der Waals surface area contributed by atoms with E-state index in [1.807, 2.05) is 66.4 Å². The van der Waals surface area contributed by atoms with Gasteiger partial charge in [-0.05, 0) is 43.9 Å². The van der Waals surface area contributed by atoms with Gasteiger partial charge in [0.05, 0.1) is 18.2 Å². The Bertz CT molecular complexity index is 894. The van der Waals surface area contributed by atoms with Gasteiger partial charge in [0.15, 0.2) is 0 Å². The normalized spacial score (nSPS) is 26.4. The van der Waals surface area contributed by atoms with Gasteiger partial charge in [0.1, 0.15) is 5.75 Å². The fourth-order valence-electron chi connectivity index (χ4n) is 5.15. The average molecular weight is 406 g/mol. The van der Waals surface area contributed by atoms with Crippen LogP contribution in [0.4, 0.5) is 0 Å². The highest BCUT2D eigenvalue weighted by Gasteiger charge is 2.50. The minimum absolute atomic E-state index is 0.0113. The predicted octanol–water partition coefficient (Wildman–Crippen LogP) is 4.99. The molecule has 1 heterocycles. The van der Waals surface area contributed by atoms with E-state index < -0.39 is 5.60 Å². The highest BCUT2D eigenvalue weighted by atomic mass is 16.5. The van der Waals surface area contributed by atoms with Crippen LogP contribution in [0.5, 0.6) is 5.75 Å². The molecule has 3 unspecified atom stereocenters. The fourth-order valence-corrected chi connectivity index (χ4v) is 5.15. The quantitative estimate of drug-likeness (QED) is 0.713. The summed E-state index contributed by atoms with van der Waals surface area (Å²) in [7, 11) is 0. The zero-order chi connectivity index (χ0) is 21.0. The van der Waals surface area contributed by atoms with E-state index in [4.69, 9.17) is 4.74 Å². The Morgan fingerprint density at radius 2 is 1.90 bits per heavy atom. The lowest BCUT2D eigenvalue weighted by atomic mass is 9.66. The number of nitrogens with zero attached hydrogens (tertiary/aromatic N) is 1. The standard InChI is InChI=1S/C26H31NO3/c1-2-30-23-14-7-6-12-21(23)25-22-13-8-9-17-26(22,29)18-19-27(25)24(28)16-15-20-10-4-3-5-11-20/h3-7,10-12,14-16,22,25,29H,2,8-9,13,17-19H2,1H3/b16-15+. The van der Waals surface area contributed by atoms with Gasteiger partial charge in [-0.1, -0.05) is 61.4 Å². The van der Waals surface area contributed by atoms with Gasteiger partial charge in [0.2, 0.25) is 5.91 Å². The Morgan fingerprint density at radius 1 is 1.13 bits per heavy atom. The Labute approximate surface area is 179 Å². The topological polar surface area (TPSA) is 49.8 Å². The van der Waals surface area contributed by atoms with Crippen molar-refractivity contribution in [1.82, 2.24) is 4.90 Å². The number of carbonyl (C=O) groups excluding carboxylic acids is 1. The van der Waals surface area contributed by atoms with Crippen molar-refractivity contribution >= 4 is 12.0 Å². The lowest BCUT2D eigenvalue weighted by molar-refractivity contribution is -0.151. The summed E-state index contributed by atoms with van der Waals surface area (Å²) in [4.78, 5) is 15.3. The molecule has 0 radical (unpaired) electrons. The maximum Gasteiger partial charge on any atom is 0.247 e. The van der Waals surface area contributed by atoms with Crippen LogP contribution in [0.3, 0.4) is 0 Å². The van der Waals surface area contributed by atoms with Crippen LogP contribution in [0, 0.1) is 5.92 Å². The zero-order valence-corrected chi connectivity index (χ0v) is 17.7. The molecular weight excluding hydrogens is 374 g/mol. The van der Waals surface area contributed by atoms with Crippen molar-refractivity contribution in [3.05, 3.63) is 71.8 Å². The molecule has 4 nitrogen and oxygen atoms in total. The van der Waals surface area contributed by atoms with Crippen molar-refractivity contribution in [3.8, 4) is 5.75 Å². The Hall–Kier alpha value is -2.59. The van der Waals surface area contributed by atoms with Crippen LogP contribution in [0.1, 0.15) is 56.2 Å². The smallest absolute Gasteiger partial charge is 0.247 e. The van der Waals surface area contributed by atoms with Crippen molar-refractivity contribution in [2.24, 2.45) is 5.92 Å². The van der Waals surface area contributed by atoms with Gasteiger partial charge in [-0.15, -0.1) is 0 Å². The highest BCUT2D eigenvalue weighted by Crippen LogP contribution is 2.50. The Morgan fingerprint density at radius 3 is 2.70 bits per heavy atom. The van der Waals surface area contributed by atoms with Gasteiger partial charge in [0.25, 0.3) is 0 Å². The molecule has 1 aliphatic carbocycles. The second kappa shape index (κ2) is 9.05. The van der Waals surface area contributed by atoms with Gasteiger partial charge < -0.3 is 14.7 Å². The fraction of sp³-hybridized carbons (Fsp3) is 0.423. The Kier molecular flexibility index (Phi) is 6.24. The average Bonchev–Trinajstić information content (AvgIpc) is 2.78. The summed E-state index contributed by atoms with van der Waals surface area (Å²) >= 11 is 0. The molecule has 4 rings (SSSR count). The molecule has 3 atom stereocenters. The summed E-state index contributed by atoms with van der Waals surface area (Å²) in [5.41, 5.74) is 1.30. The predicted molar refractivity (Wildman–Crippen MR) is 119 cm³/mol.